The van der Waals surface area contributed by atoms with Crippen molar-refractivity contribution in [1.29, 1.82) is 0 Å². The molecule has 29 heavy (non-hydrogen) atoms. The molecule has 1 heterocycles. The molecular weight excluding hydrogens is 392 g/mol. The van der Waals surface area contributed by atoms with Crippen LogP contribution in [0.2, 0.25) is 0 Å². The maximum absolute atomic E-state index is 14.5. The average Bonchev–Trinajstić information content (AvgIpc) is 2.68. The van der Waals surface area contributed by atoms with Crippen LogP contribution in [0.4, 0.5) is 17.6 Å². The first-order valence-electron chi connectivity index (χ1n) is 8.59. The molecule has 0 unspecified atom stereocenters. The second kappa shape index (κ2) is 8.34. The quantitative estimate of drug-likeness (QED) is 0.636. The molecule has 0 amide bonds. The lowest BCUT2D eigenvalue weighted by atomic mass is 10.1. The summed E-state index contributed by atoms with van der Waals surface area (Å²) in [5.74, 6) is -2.17. The normalized spacial score (nSPS) is 13.2. The van der Waals surface area contributed by atoms with Gasteiger partial charge in [0.15, 0.2) is 0 Å². The van der Waals surface area contributed by atoms with E-state index in [2.05, 4.69) is 0 Å². The Morgan fingerprint density at radius 3 is 1.76 bits per heavy atom. The van der Waals surface area contributed by atoms with Crippen molar-refractivity contribution in [2.75, 3.05) is 0 Å². The van der Waals surface area contributed by atoms with Gasteiger partial charge in [0.1, 0.15) is 24.0 Å². The highest BCUT2D eigenvalue weighted by atomic mass is 19.1. The van der Waals surface area contributed by atoms with Crippen LogP contribution in [0.25, 0.3) is 0 Å². The molecule has 0 saturated heterocycles. The van der Waals surface area contributed by atoms with E-state index < -0.39 is 54.2 Å². The van der Waals surface area contributed by atoms with E-state index >= 15 is 0 Å². The Morgan fingerprint density at radius 2 is 1.28 bits per heavy atom. The van der Waals surface area contributed by atoms with Gasteiger partial charge < -0.3 is 5.11 Å². The topological polar surface area (TPSA) is 64.2 Å². The third-order valence-electron chi connectivity index (χ3n) is 4.36. The van der Waals surface area contributed by atoms with Crippen LogP contribution in [0.3, 0.4) is 0 Å². The molecule has 1 N–H and O–H groups in total. The van der Waals surface area contributed by atoms with Gasteiger partial charge in [-0.1, -0.05) is 24.3 Å². The molecule has 0 radical (unpaired) electrons. The minimum absolute atomic E-state index is 0.0721. The average molecular weight is 408 g/mol. The van der Waals surface area contributed by atoms with E-state index in [0.717, 1.165) is 24.3 Å². The van der Waals surface area contributed by atoms with E-state index in [1.165, 1.54) is 24.3 Å². The van der Waals surface area contributed by atoms with Crippen LogP contribution in [-0.4, -0.2) is 14.2 Å². The van der Waals surface area contributed by atoms with Crippen molar-refractivity contribution in [3.05, 3.63) is 98.2 Å². The number of benzene rings is 2. The molecule has 9 heteroatoms. The van der Waals surface area contributed by atoms with E-state index in [9.17, 15) is 32.3 Å². The van der Waals surface area contributed by atoms with Gasteiger partial charge in [-0.2, -0.15) is 0 Å². The summed E-state index contributed by atoms with van der Waals surface area (Å²) in [5, 5.41) is 9.90. The summed E-state index contributed by atoms with van der Waals surface area (Å²) in [6.07, 6.45) is -3.76. The zero-order chi connectivity index (χ0) is 21.1. The van der Waals surface area contributed by atoms with Crippen molar-refractivity contribution < 1.29 is 22.7 Å². The highest BCUT2D eigenvalue weighted by Gasteiger charge is 2.20. The van der Waals surface area contributed by atoms with Crippen LogP contribution < -0.4 is 11.2 Å². The van der Waals surface area contributed by atoms with Crippen molar-refractivity contribution in [3.8, 4) is 5.88 Å². The molecule has 0 aliphatic heterocycles. The summed E-state index contributed by atoms with van der Waals surface area (Å²) in [5.41, 5.74) is -2.30. The number of alkyl halides is 2. The Hall–Kier alpha value is -3.36. The van der Waals surface area contributed by atoms with Crippen molar-refractivity contribution in [2.24, 2.45) is 0 Å². The molecule has 0 fully saturated rings. The number of rotatable bonds is 6. The standard InChI is InChI=1S/C20H16F4N2O3/c21-14-5-1-3-12(7-14)16(23)10-25-18(27)9-19(28)26(20(25)29)11-17(24)13-4-2-6-15(22)8-13/h1-9,16-17,27H,10-11H2/t16-,17+/m1/s1. The van der Waals surface area contributed by atoms with Gasteiger partial charge >= 0.3 is 5.69 Å². The van der Waals surface area contributed by atoms with Crippen LogP contribution in [0, 0.1) is 11.6 Å². The Bertz CT molecular complexity index is 1140. The van der Waals surface area contributed by atoms with Crippen LogP contribution in [0.15, 0.2) is 64.2 Å². The molecule has 0 spiro atoms. The number of hydrogen-bond acceptors (Lipinski definition) is 3. The van der Waals surface area contributed by atoms with Gasteiger partial charge in [-0.3, -0.25) is 13.9 Å². The molecule has 1 aromatic heterocycles. The maximum Gasteiger partial charge on any atom is 0.333 e. The zero-order valence-electron chi connectivity index (χ0n) is 14.9. The molecule has 152 valence electrons. The predicted molar refractivity (Wildman–Crippen MR) is 97.1 cm³/mol. The van der Waals surface area contributed by atoms with E-state index in [-0.39, 0.29) is 11.1 Å². The van der Waals surface area contributed by atoms with Gasteiger partial charge in [-0.15, -0.1) is 0 Å². The first-order valence-corrected chi connectivity index (χ1v) is 8.59. The molecule has 5 nitrogen and oxygen atoms in total. The van der Waals surface area contributed by atoms with Crippen LogP contribution in [0.5, 0.6) is 5.88 Å². The highest BCUT2D eigenvalue weighted by molar-refractivity contribution is 5.20. The Kier molecular flexibility index (Phi) is 5.86. The fourth-order valence-electron chi connectivity index (χ4n) is 2.88. The largest absolute Gasteiger partial charge is 0.494 e. The van der Waals surface area contributed by atoms with E-state index in [1.807, 2.05) is 0 Å². The number of aromatic nitrogens is 2. The van der Waals surface area contributed by atoms with Gasteiger partial charge in [0.05, 0.1) is 19.2 Å². The summed E-state index contributed by atoms with van der Waals surface area (Å²) in [6.45, 7) is -1.47. The first-order chi connectivity index (χ1) is 13.8. The molecular formula is C20H16F4N2O3. The third kappa shape index (κ3) is 4.56. The minimum Gasteiger partial charge on any atom is -0.494 e. The van der Waals surface area contributed by atoms with Crippen molar-refractivity contribution in [3.63, 3.8) is 0 Å². The smallest absolute Gasteiger partial charge is 0.333 e. The second-order valence-corrected chi connectivity index (χ2v) is 6.39. The molecule has 0 bridgehead atoms. The lowest BCUT2D eigenvalue weighted by Gasteiger charge is -2.16. The molecule has 0 aliphatic carbocycles. The van der Waals surface area contributed by atoms with Crippen molar-refractivity contribution >= 4 is 0 Å². The van der Waals surface area contributed by atoms with Crippen LogP contribution in [-0.2, 0) is 13.1 Å². The zero-order valence-corrected chi connectivity index (χ0v) is 14.9. The third-order valence-corrected chi connectivity index (χ3v) is 4.36. The summed E-state index contributed by atoms with van der Waals surface area (Å²) < 4.78 is 56.6. The maximum atomic E-state index is 14.5. The summed E-state index contributed by atoms with van der Waals surface area (Å²) in [7, 11) is 0. The van der Waals surface area contributed by atoms with Crippen LogP contribution >= 0.6 is 0 Å². The fraction of sp³-hybridized carbons (Fsp3) is 0.200. The van der Waals surface area contributed by atoms with Gasteiger partial charge in [0.25, 0.3) is 5.56 Å². The number of nitrogens with zero attached hydrogens (tertiary/aromatic N) is 2. The number of aromatic hydroxyl groups is 1. The monoisotopic (exact) mass is 408 g/mol. The molecule has 0 saturated carbocycles. The predicted octanol–water partition coefficient (Wildman–Crippen LogP) is 3.42. The molecule has 2 aromatic carbocycles. The molecule has 2 atom stereocenters. The SMILES string of the molecule is O=c1cc(O)n(C[C@@H](F)c2cccc(F)c2)c(=O)n1C[C@H](F)c1cccc(F)c1. The van der Waals surface area contributed by atoms with E-state index in [4.69, 9.17) is 0 Å². The summed E-state index contributed by atoms with van der Waals surface area (Å²) in [6, 6.07) is 9.90. The van der Waals surface area contributed by atoms with Crippen LogP contribution in [0.1, 0.15) is 23.5 Å². The second-order valence-electron chi connectivity index (χ2n) is 6.39. The van der Waals surface area contributed by atoms with E-state index in [0.29, 0.717) is 15.2 Å². The first kappa shape index (κ1) is 20.4. The lowest BCUT2D eigenvalue weighted by Crippen LogP contribution is -2.40. The van der Waals surface area contributed by atoms with Gasteiger partial charge in [0.2, 0.25) is 5.88 Å². The molecule has 0 aliphatic rings. The van der Waals surface area contributed by atoms with Gasteiger partial charge in [-0.05, 0) is 35.4 Å². The highest BCUT2D eigenvalue weighted by Crippen LogP contribution is 2.22. The van der Waals surface area contributed by atoms with Crippen molar-refractivity contribution in [1.82, 2.24) is 9.13 Å². The van der Waals surface area contributed by atoms with Crippen molar-refractivity contribution in [2.45, 2.75) is 25.4 Å². The fourth-order valence-corrected chi connectivity index (χ4v) is 2.88. The van der Waals surface area contributed by atoms with Gasteiger partial charge in [0, 0.05) is 0 Å². The van der Waals surface area contributed by atoms with E-state index in [1.54, 1.807) is 0 Å². The number of halogens is 4. The minimum atomic E-state index is -1.89. The van der Waals surface area contributed by atoms with Gasteiger partial charge in [-0.25, -0.2) is 22.4 Å². The Balaban J connectivity index is 1.92. The summed E-state index contributed by atoms with van der Waals surface area (Å²) >= 11 is 0. The lowest BCUT2D eigenvalue weighted by molar-refractivity contribution is 0.261. The molecule has 3 aromatic rings. The summed E-state index contributed by atoms with van der Waals surface area (Å²) in [4.78, 5) is 24.6. The molecule has 3 rings (SSSR count). The number of hydrogen-bond donors (Lipinski definition) is 1. The Morgan fingerprint density at radius 1 is 0.793 bits per heavy atom. The Labute approximate surface area is 162 Å².